The summed E-state index contributed by atoms with van der Waals surface area (Å²) in [5.74, 6) is 0.477. The molecule has 1 aromatic rings. The summed E-state index contributed by atoms with van der Waals surface area (Å²) >= 11 is 0. The van der Waals surface area contributed by atoms with Crippen molar-refractivity contribution in [3.05, 3.63) is 17.6 Å². The topological polar surface area (TPSA) is 124 Å². The fourth-order valence-corrected chi connectivity index (χ4v) is 4.25. The van der Waals surface area contributed by atoms with Crippen LogP contribution in [0.3, 0.4) is 0 Å². The number of morpholine rings is 1. The van der Waals surface area contributed by atoms with E-state index in [9.17, 15) is 9.59 Å². The van der Waals surface area contributed by atoms with Crippen LogP contribution < -0.4 is 15.4 Å². The number of alkyl carbamates (subject to hydrolysis) is 1. The van der Waals surface area contributed by atoms with Crippen molar-refractivity contribution >= 4 is 12.0 Å². The highest BCUT2D eigenvalue weighted by atomic mass is 16.6. The van der Waals surface area contributed by atoms with E-state index in [1.165, 1.54) is 7.11 Å². The molecule has 3 fully saturated rings. The van der Waals surface area contributed by atoms with E-state index < -0.39 is 12.2 Å². The summed E-state index contributed by atoms with van der Waals surface area (Å²) in [5.41, 5.74) is 1.43. The van der Waals surface area contributed by atoms with Crippen LogP contribution in [0.15, 0.2) is 6.20 Å². The zero-order valence-corrected chi connectivity index (χ0v) is 20.0. The number of rotatable bonds is 10. The van der Waals surface area contributed by atoms with Crippen molar-refractivity contribution in [1.29, 1.82) is 0 Å². The standard InChI is InChI=1S/C23H35N5O6/c1-15(28(16-5-6-16)22(29)20-13-24-9-11-33-20)19-12-26-21(34-17-7-10-32-14-17)18(27-19)4-3-8-25-23(30)31-2/h12,15-17,20,24H,3-11,13-14H2,1-2H3,(H,25,30)/t15-,17-,20-/m1/s1. The van der Waals surface area contributed by atoms with Crippen molar-refractivity contribution in [3.63, 3.8) is 0 Å². The lowest BCUT2D eigenvalue weighted by Gasteiger charge is -2.34. The van der Waals surface area contributed by atoms with Crippen LogP contribution in [0.5, 0.6) is 5.88 Å². The molecule has 11 heteroatoms. The second-order valence-corrected chi connectivity index (χ2v) is 8.89. The van der Waals surface area contributed by atoms with Crippen molar-refractivity contribution in [3.8, 4) is 5.88 Å². The Labute approximate surface area is 199 Å². The number of hydrogen-bond donors (Lipinski definition) is 2. The van der Waals surface area contributed by atoms with Crippen LogP contribution >= 0.6 is 0 Å². The first-order valence-electron chi connectivity index (χ1n) is 12.1. The van der Waals surface area contributed by atoms with E-state index in [2.05, 4.69) is 20.4 Å². The minimum Gasteiger partial charge on any atom is -0.471 e. The molecular weight excluding hydrogens is 442 g/mol. The summed E-state index contributed by atoms with van der Waals surface area (Å²) in [5, 5.41) is 5.92. The first kappa shape index (κ1) is 24.6. The monoisotopic (exact) mass is 477 g/mol. The van der Waals surface area contributed by atoms with Crippen molar-refractivity contribution in [2.45, 2.75) is 63.3 Å². The molecule has 0 spiro atoms. The Morgan fingerprint density at radius 1 is 1.32 bits per heavy atom. The highest BCUT2D eigenvalue weighted by Crippen LogP contribution is 2.35. The molecular formula is C23H35N5O6. The predicted octanol–water partition coefficient (Wildman–Crippen LogP) is 0.973. The van der Waals surface area contributed by atoms with Gasteiger partial charge in [-0.15, -0.1) is 0 Å². The molecule has 0 bridgehead atoms. The van der Waals surface area contributed by atoms with Gasteiger partial charge in [-0.2, -0.15) is 0 Å². The summed E-state index contributed by atoms with van der Waals surface area (Å²) in [6.07, 6.45) is 4.70. The number of amides is 2. The quantitative estimate of drug-likeness (QED) is 0.474. The van der Waals surface area contributed by atoms with Crippen LogP contribution in [0.2, 0.25) is 0 Å². The Bertz CT molecular complexity index is 839. The van der Waals surface area contributed by atoms with Gasteiger partial charge >= 0.3 is 6.09 Å². The molecule has 2 amide bonds. The van der Waals surface area contributed by atoms with Gasteiger partial charge in [0.25, 0.3) is 5.91 Å². The Morgan fingerprint density at radius 3 is 2.85 bits per heavy atom. The molecule has 3 aliphatic rings. The summed E-state index contributed by atoms with van der Waals surface area (Å²) in [6.45, 7) is 5.45. The maximum absolute atomic E-state index is 13.3. The van der Waals surface area contributed by atoms with Gasteiger partial charge in [-0.25, -0.2) is 14.8 Å². The van der Waals surface area contributed by atoms with E-state index >= 15 is 0 Å². The third-order valence-electron chi connectivity index (χ3n) is 6.28. The second kappa shape index (κ2) is 11.8. The molecule has 0 radical (unpaired) electrons. The number of nitrogens with zero attached hydrogens (tertiary/aromatic N) is 3. The molecule has 3 heterocycles. The van der Waals surface area contributed by atoms with Crippen LogP contribution in [0.25, 0.3) is 0 Å². The normalized spacial score (nSPS) is 23.2. The zero-order chi connectivity index (χ0) is 23.9. The van der Waals surface area contributed by atoms with E-state index in [0.717, 1.165) is 31.5 Å². The van der Waals surface area contributed by atoms with Gasteiger partial charge in [-0.3, -0.25) is 4.79 Å². The van der Waals surface area contributed by atoms with Crippen LogP contribution in [-0.4, -0.2) is 91.7 Å². The summed E-state index contributed by atoms with van der Waals surface area (Å²) in [4.78, 5) is 36.0. The van der Waals surface area contributed by atoms with E-state index in [1.54, 1.807) is 6.20 Å². The Morgan fingerprint density at radius 2 is 2.18 bits per heavy atom. The third-order valence-corrected chi connectivity index (χ3v) is 6.28. The molecule has 4 rings (SSSR count). The number of methoxy groups -OCH3 is 1. The molecule has 2 aliphatic heterocycles. The zero-order valence-electron chi connectivity index (χ0n) is 20.0. The Balaban J connectivity index is 1.49. The fraction of sp³-hybridized carbons (Fsp3) is 0.739. The van der Waals surface area contributed by atoms with Gasteiger partial charge in [0, 0.05) is 32.1 Å². The van der Waals surface area contributed by atoms with Gasteiger partial charge in [-0.05, 0) is 32.6 Å². The maximum Gasteiger partial charge on any atom is 0.406 e. The maximum atomic E-state index is 13.3. The third kappa shape index (κ3) is 6.34. The number of carbonyl (C=O) groups excluding carboxylic acids is 2. The largest absolute Gasteiger partial charge is 0.471 e. The number of carbonyl (C=O) groups is 2. The first-order valence-corrected chi connectivity index (χ1v) is 12.1. The van der Waals surface area contributed by atoms with Gasteiger partial charge in [0.2, 0.25) is 5.88 Å². The number of aryl methyl sites for hydroxylation is 1. The smallest absolute Gasteiger partial charge is 0.406 e. The molecule has 34 heavy (non-hydrogen) atoms. The molecule has 2 saturated heterocycles. The minimum atomic E-state index is -0.474. The number of hydrogen-bond acceptors (Lipinski definition) is 9. The molecule has 0 unspecified atom stereocenters. The van der Waals surface area contributed by atoms with E-state index in [1.807, 2.05) is 11.8 Å². The summed E-state index contributed by atoms with van der Waals surface area (Å²) < 4.78 is 21.9. The number of nitrogens with one attached hydrogen (secondary N) is 2. The Kier molecular flexibility index (Phi) is 8.52. The molecule has 1 aliphatic carbocycles. The first-order chi connectivity index (χ1) is 16.6. The Hall–Kier alpha value is -2.50. The highest BCUT2D eigenvalue weighted by Gasteiger charge is 2.40. The van der Waals surface area contributed by atoms with E-state index in [4.69, 9.17) is 19.2 Å². The highest BCUT2D eigenvalue weighted by molar-refractivity contribution is 5.82. The van der Waals surface area contributed by atoms with E-state index in [0.29, 0.717) is 57.3 Å². The van der Waals surface area contributed by atoms with Crippen LogP contribution in [-0.2, 0) is 25.4 Å². The molecule has 0 aromatic carbocycles. The molecule has 1 aromatic heterocycles. The van der Waals surface area contributed by atoms with Crippen LogP contribution in [0, 0.1) is 0 Å². The molecule has 3 atom stereocenters. The lowest BCUT2D eigenvalue weighted by atomic mass is 10.1. The molecule has 188 valence electrons. The average molecular weight is 478 g/mol. The minimum absolute atomic E-state index is 0.00346. The van der Waals surface area contributed by atoms with Crippen LogP contribution in [0.1, 0.15) is 50.0 Å². The number of ether oxygens (including phenoxy) is 4. The van der Waals surface area contributed by atoms with Crippen molar-refractivity contribution < 1.29 is 28.5 Å². The lowest BCUT2D eigenvalue weighted by Crippen LogP contribution is -2.50. The van der Waals surface area contributed by atoms with Gasteiger partial charge in [0.05, 0.1) is 44.9 Å². The molecule has 2 N–H and O–H groups in total. The summed E-state index contributed by atoms with van der Waals surface area (Å²) in [7, 11) is 1.34. The van der Waals surface area contributed by atoms with Crippen molar-refractivity contribution in [2.75, 3.05) is 46.6 Å². The van der Waals surface area contributed by atoms with E-state index in [-0.39, 0.29) is 24.1 Å². The SMILES string of the molecule is COC(=O)NCCCc1nc([C@@H](C)N(C(=O)[C@H]2CNCCO2)C2CC2)cnc1O[C@@H]1CCOC1. The predicted molar refractivity (Wildman–Crippen MR) is 122 cm³/mol. The lowest BCUT2D eigenvalue weighted by molar-refractivity contribution is -0.148. The second-order valence-electron chi connectivity index (χ2n) is 8.89. The van der Waals surface area contributed by atoms with Gasteiger partial charge in [0.1, 0.15) is 17.9 Å². The average Bonchev–Trinajstić information content (AvgIpc) is 3.57. The molecule has 1 saturated carbocycles. The summed E-state index contributed by atoms with van der Waals surface area (Å²) in [6, 6.07) is -0.0390. The van der Waals surface area contributed by atoms with Crippen LogP contribution in [0.4, 0.5) is 4.79 Å². The fourth-order valence-electron chi connectivity index (χ4n) is 4.25. The van der Waals surface area contributed by atoms with Gasteiger partial charge < -0.3 is 34.5 Å². The number of aromatic nitrogens is 2. The van der Waals surface area contributed by atoms with Gasteiger partial charge in [-0.1, -0.05) is 0 Å². The van der Waals surface area contributed by atoms with Gasteiger partial charge in [0.15, 0.2) is 0 Å². The van der Waals surface area contributed by atoms with Crippen molar-refractivity contribution in [2.24, 2.45) is 0 Å². The molecule has 11 nitrogen and oxygen atoms in total. The van der Waals surface area contributed by atoms with Crippen molar-refractivity contribution in [1.82, 2.24) is 25.5 Å².